The highest BCUT2D eigenvalue weighted by atomic mass is 16.3. The Morgan fingerprint density at radius 1 is 1.22 bits per heavy atom. The third-order valence-electron chi connectivity index (χ3n) is 3.03. The van der Waals surface area contributed by atoms with Crippen molar-refractivity contribution in [2.24, 2.45) is 0 Å². The molecule has 0 saturated carbocycles. The summed E-state index contributed by atoms with van der Waals surface area (Å²) < 4.78 is 0. The number of hydrogen-bond acceptors (Lipinski definition) is 3. The van der Waals surface area contributed by atoms with Gasteiger partial charge in [-0.3, -0.25) is 4.98 Å². The van der Waals surface area contributed by atoms with Gasteiger partial charge in [0.05, 0.1) is 28.5 Å². The van der Waals surface area contributed by atoms with Crippen molar-refractivity contribution in [2.45, 2.75) is 6.92 Å². The molecule has 3 aromatic rings. The molecule has 4 N–H and O–H groups in total. The second-order valence-electron chi connectivity index (χ2n) is 4.30. The van der Waals surface area contributed by atoms with Crippen LogP contribution in [0.25, 0.3) is 22.2 Å². The summed E-state index contributed by atoms with van der Waals surface area (Å²) in [5, 5.41) is 10.8. The standard InChI is InChI=1S/C14H13N3O/c1-8-13(10-6-5-9(15)7-16-10)14-11(17-8)3-2-4-12(14)18/h2-7,17-18H,15H2,1H3. The van der Waals surface area contributed by atoms with Crippen LogP contribution in [0.15, 0.2) is 36.5 Å². The fraction of sp³-hybridized carbons (Fsp3) is 0.0714. The molecule has 0 bridgehead atoms. The Morgan fingerprint density at radius 2 is 2.06 bits per heavy atom. The molecule has 4 heteroatoms. The molecule has 0 saturated heterocycles. The molecule has 0 aliphatic carbocycles. The maximum Gasteiger partial charge on any atom is 0.125 e. The van der Waals surface area contributed by atoms with Crippen molar-refractivity contribution in [2.75, 3.05) is 5.73 Å². The third-order valence-corrected chi connectivity index (χ3v) is 3.03. The highest BCUT2D eigenvalue weighted by Crippen LogP contribution is 2.36. The fourth-order valence-electron chi connectivity index (χ4n) is 2.23. The molecule has 0 amide bonds. The zero-order valence-electron chi connectivity index (χ0n) is 9.94. The zero-order chi connectivity index (χ0) is 12.7. The largest absolute Gasteiger partial charge is 0.507 e. The molecule has 0 fully saturated rings. The molecule has 0 radical (unpaired) electrons. The predicted molar refractivity (Wildman–Crippen MR) is 72.3 cm³/mol. The Bertz CT molecular complexity index is 714. The molecular formula is C14H13N3O. The number of benzene rings is 1. The number of aromatic nitrogens is 2. The van der Waals surface area contributed by atoms with Gasteiger partial charge in [-0.15, -0.1) is 0 Å². The van der Waals surface area contributed by atoms with Crippen molar-refractivity contribution in [1.82, 2.24) is 9.97 Å². The van der Waals surface area contributed by atoms with Gasteiger partial charge >= 0.3 is 0 Å². The average molecular weight is 239 g/mol. The number of phenols is 1. The lowest BCUT2D eigenvalue weighted by Crippen LogP contribution is -1.89. The number of aryl methyl sites for hydroxylation is 1. The first-order valence-electron chi connectivity index (χ1n) is 5.69. The Hall–Kier alpha value is -2.49. The first-order chi connectivity index (χ1) is 8.66. The molecule has 4 nitrogen and oxygen atoms in total. The number of aromatic amines is 1. The zero-order valence-corrected chi connectivity index (χ0v) is 9.94. The molecular weight excluding hydrogens is 226 g/mol. The second kappa shape index (κ2) is 3.77. The highest BCUT2D eigenvalue weighted by molar-refractivity contribution is 6.00. The van der Waals surface area contributed by atoms with Gasteiger partial charge in [0.25, 0.3) is 0 Å². The van der Waals surface area contributed by atoms with E-state index >= 15 is 0 Å². The first kappa shape index (κ1) is 10.7. The SMILES string of the molecule is Cc1[nH]c2cccc(O)c2c1-c1ccc(N)cn1. The summed E-state index contributed by atoms with van der Waals surface area (Å²) in [7, 11) is 0. The summed E-state index contributed by atoms with van der Waals surface area (Å²) in [6, 6.07) is 9.09. The number of phenolic OH excluding ortho intramolecular Hbond substituents is 1. The number of nitrogens with zero attached hydrogens (tertiary/aromatic N) is 1. The van der Waals surface area contributed by atoms with Crippen LogP contribution in [-0.2, 0) is 0 Å². The number of aromatic hydroxyl groups is 1. The van der Waals surface area contributed by atoms with Crippen molar-refractivity contribution in [3.63, 3.8) is 0 Å². The van der Waals surface area contributed by atoms with Crippen LogP contribution in [0, 0.1) is 6.92 Å². The van der Waals surface area contributed by atoms with Gasteiger partial charge in [0.1, 0.15) is 5.75 Å². The summed E-state index contributed by atoms with van der Waals surface area (Å²) in [5.41, 5.74) is 9.87. The monoisotopic (exact) mass is 239 g/mol. The summed E-state index contributed by atoms with van der Waals surface area (Å²) >= 11 is 0. The van der Waals surface area contributed by atoms with Crippen molar-refractivity contribution in [1.29, 1.82) is 0 Å². The number of H-pyrrole nitrogens is 1. The fourth-order valence-corrected chi connectivity index (χ4v) is 2.23. The first-order valence-corrected chi connectivity index (χ1v) is 5.69. The molecule has 0 aliphatic heterocycles. The maximum absolute atomic E-state index is 10.0. The predicted octanol–water partition coefficient (Wildman–Crippen LogP) is 2.83. The van der Waals surface area contributed by atoms with E-state index in [0.717, 1.165) is 27.9 Å². The van der Waals surface area contributed by atoms with E-state index in [1.807, 2.05) is 25.1 Å². The van der Waals surface area contributed by atoms with Crippen LogP contribution in [0.1, 0.15) is 5.69 Å². The molecule has 3 rings (SSSR count). The van der Waals surface area contributed by atoms with Gasteiger partial charge in [0.2, 0.25) is 0 Å². The summed E-state index contributed by atoms with van der Waals surface area (Å²) in [4.78, 5) is 7.57. The van der Waals surface area contributed by atoms with Crippen LogP contribution < -0.4 is 5.73 Å². The van der Waals surface area contributed by atoms with E-state index in [0.29, 0.717) is 5.69 Å². The highest BCUT2D eigenvalue weighted by Gasteiger charge is 2.14. The second-order valence-corrected chi connectivity index (χ2v) is 4.30. The van der Waals surface area contributed by atoms with E-state index in [-0.39, 0.29) is 5.75 Å². The van der Waals surface area contributed by atoms with Gasteiger partial charge in [-0.2, -0.15) is 0 Å². The minimum Gasteiger partial charge on any atom is -0.507 e. The van der Waals surface area contributed by atoms with E-state index < -0.39 is 0 Å². The number of nitrogens with one attached hydrogen (secondary N) is 1. The van der Waals surface area contributed by atoms with Gasteiger partial charge in [-0.05, 0) is 31.2 Å². The lowest BCUT2D eigenvalue weighted by molar-refractivity contribution is 0.482. The molecule has 0 atom stereocenters. The van der Waals surface area contributed by atoms with Crippen LogP contribution in [0.4, 0.5) is 5.69 Å². The van der Waals surface area contributed by atoms with Crippen molar-refractivity contribution in [3.8, 4) is 17.0 Å². The molecule has 90 valence electrons. The maximum atomic E-state index is 10.0. The topological polar surface area (TPSA) is 74.9 Å². The Labute approximate surface area is 104 Å². The van der Waals surface area contributed by atoms with Crippen molar-refractivity contribution < 1.29 is 5.11 Å². The Morgan fingerprint density at radius 3 is 2.78 bits per heavy atom. The molecule has 18 heavy (non-hydrogen) atoms. The summed E-state index contributed by atoms with van der Waals surface area (Å²) in [6.07, 6.45) is 1.62. The number of rotatable bonds is 1. The molecule has 1 aromatic carbocycles. The lowest BCUT2D eigenvalue weighted by Gasteiger charge is -2.02. The van der Waals surface area contributed by atoms with Gasteiger partial charge in [-0.1, -0.05) is 6.07 Å². The van der Waals surface area contributed by atoms with E-state index in [1.54, 1.807) is 18.3 Å². The van der Waals surface area contributed by atoms with Crippen molar-refractivity contribution in [3.05, 3.63) is 42.2 Å². The Kier molecular flexibility index (Phi) is 2.23. The van der Waals surface area contributed by atoms with Crippen LogP contribution in [0.2, 0.25) is 0 Å². The number of anilines is 1. The molecule has 0 aliphatic rings. The van der Waals surface area contributed by atoms with Crippen LogP contribution >= 0.6 is 0 Å². The third kappa shape index (κ3) is 1.50. The number of pyridine rings is 1. The van der Waals surface area contributed by atoms with E-state index in [4.69, 9.17) is 5.73 Å². The minimum absolute atomic E-state index is 0.255. The number of nitrogens with two attached hydrogens (primary N) is 1. The van der Waals surface area contributed by atoms with Crippen LogP contribution in [0.5, 0.6) is 5.75 Å². The molecule has 2 aromatic heterocycles. The van der Waals surface area contributed by atoms with Gasteiger partial charge in [-0.25, -0.2) is 0 Å². The normalized spacial score (nSPS) is 10.9. The van der Waals surface area contributed by atoms with Crippen LogP contribution in [0.3, 0.4) is 0 Å². The van der Waals surface area contributed by atoms with Gasteiger partial charge in [0, 0.05) is 11.3 Å². The van der Waals surface area contributed by atoms with E-state index in [1.165, 1.54) is 0 Å². The Balaban J connectivity index is 2.34. The summed E-state index contributed by atoms with van der Waals surface area (Å²) in [5.74, 6) is 0.255. The number of fused-ring (bicyclic) bond motifs is 1. The molecule has 2 heterocycles. The van der Waals surface area contributed by atoms with Gasteiger partial charge < -0.3 is 15.8 Å². The summed E-state index contributed by atoms with van der Waals surface area (Å²) in [6.45, 7) is 1.97. The van der Waals surface area contributed by atoms with Gasteiger partial charge in [0.15, 0.2) is 0 Å². The quantitative estimate of drug-likeness (QED) is 0.611. The van der Waals surface area contributed by atoms with E-state index in [2.05, 4.69) is 9.97 Å². The molecule has 0 spiro atoms. The average Bonchev–Trinajstić information content (AvgIpc) is 2.68. The van der Waals surface area contributed by atoms with Crippen molar-refractivity contribution >= 4 is 16.6 Å². The smallest absolute Gasteiger partial charge is 0.125 e. The minimum atomic E-state index is 0.255. The molecule has 0 unspecified atom stereocenters. The van der Waals surface area contributed by atoms with E-state index in [9.17, 15) is 5.11 Å². The lowest BCUT2D eigenvalue weighted by atomic mass is 10.1. The number of nitrogen functional groups attached to an aromatic ring is 1. The van der Waals surface area contributed by atoms with Crippen LogP contribution in [-0.4, -0.2) is 15.1 Å². The number of hydrogen-bond donors (Lipinski definition) is 3.